The molecule has 1 heterocycles. The molecule has 1 aromatic carbocycles. The second kappa shape index (κ2) is 5.82. The molecule has 0 spiro atoms. The van der Waals surface area contributed by atoms with Crippen LogP contribution in [-0.4, -0.2) is 15.7 Å². The van der Waals surface area contributed by atoms with Crippen molar-refractivity contribution >= 4 is 5.91 Å². The smallest absolute Gasteiger partial charge is 0.272 e. The first kappa shape index (κ1) is 14.8. The molecule has 21 heavy (non-hydrogen) atoms. The third-order valence-corrected chi connectivity index (χ3v) is 2.97. The Kier molecular flexibility index (Phi) is 4.11. The van der Waals surface area contributed by atoms with Gasteiger partial charge < -0.3 is 5.32 Å². The van der Waals surface area contributed by atoms with Crippen molar-refractivity contribution in [3.05, 3.63) is 63.6 Å². The zero-order valence-electron chi connectivity index (χ0n) is 11.4. The summed E-state index contributed by atoms with van der Waals surface area (Å²) in [6.45, 7) is 1.57. The van der Waals surface area contributed by atoms with Crippen LogP contribution in [0.2, 0.25) is 0 Å². The summed E-state index contributed by atoms with van der Waals surface area (Å²) in [5.74, 6) is -1.98. The first-order chi connectivity index (χ1) is 9.88. The van der Waals surface area contributed by atoms with Crippen molar-refractivity contribution in [1.82, 2.24) is 15.1 Å². The number of rotatable bonds is 3. The number of halogens is 2. The van der Waals surface area contributed by atoms with Gasteiger partial charge in [-0.15, -0.1) is 0 Å². The van der Waals surface area contributed by atoms with Crippen LogP contribution in [0.3, 0.4) is 0 Å². The van der Waals surface area contributed by atoms with Gasteiger partial charge in [-0.2, -0.15) is 5.10 Å². The summed E-state index contributed by atoms with van der Waals surface area (Å²) in [6.07, 6.45) is 0. The minimum Gasteiger partial charge on any atom is -0.344 e. The van der Waals surface area contributed by atoms with E-state index in [0.29, 0.717) is 0 Å². The van der Waals surface area contributed by atoms with Crippen molar-refractivity contribution in [1.29, 1.82) is 0 Å². The molecule has 1 aromatic heterocycles. The number of nitrogens with zero attached hydrogens (tertiary/aromatic N) is 2. The van der Waals surface area contributed by atoms with Crippen LogP contribution in [0.5, 0.6) is 0 Å². The molecule has 1 atom stereocenters. The number of carbonyl (C=O) groups is 1. The Hall–Kier alpha value is -2.57. The second-order valence-corrected chi connectivity index (χ2v) is 4.54. The van der Waals surface area contributed by atoms with E-state index in [9.17, 15) is 18.4 Å². The first-order valence-electron chi connectivity index (χ1n) is 6.18. The fraction of sp³-hybridized carbons (Fsp3) is 0.214. The van der Waals surface area contributed by atoms with Gasteiger partial charge in [0.2, 0.25) is 0 Å². The van der Waals surface area contributed by atoms with Crippen molar-refractivity contribution in [2.45, 2.75) is 13.0 Å². The van der Waals surface area contributed by atoms with Gasteiger partial charge in [-0.05, 0) is 19.1 Å². The van der Waals surface area contributed by atoms with Crippen LogP contribution in [0.1, 0.15) is 29.0 Å². The highest BCUT2D eigenvalue weighted by Gasteiger charge is 2.16. The van der Waals surface area contributed by atoms with E-state index in [4.69, 9.17) is 0 Å². The van der Waals surface area contributed by atoms with Gasteiger partial charge >= 0.3 is 0 Å². The predicted octanol–water partition coefficient (Wildman–Crippen LogP) is 1.55. The van der Waals surface area contributed by atoms with E-state index >= 15 is 0 Å². The molecular weight excluding hydrogens is 280 g/mol. The monoisotopic (exact) mass is 293 g/mol. The Morgan fingerprint density at radius 2 is 2.00 bits per heavy atom. The zero-order valence-corrected chi connectivity index (χ0v) is 11.4. The van der Waals surface area contributed by atoms with E-state index in [2.05, 4.69) is 10.4 Å². The lowest BCUT2D eigenvalue weighted by molar-refractivity contribution is 0.0932. The molecule has 2 rings (SSSR count). The molecule has 1 N–H and O–H groups in total. The summed E-state index contributed by atoms with van der Waals surface area (Å²) in [4.78, 5) is 23.2. The topological polar surface area (TPSA) is 64.0 Å². The van der Waals surface area contributed by atoms with E-state index < -0.39 is 23.6 Å². The highest BCUT2D eigenvalue weighted by Crippen LogP contribution is 2.17. The number of benzene rings is 1. The number of hydrogen-bond acceptors (Lipinski definition) is 3. The maximum absolute atomic E-state index is 13.6. The summed E-state index contributed by atoms with van der Waals surface area (Å²) >= 11 is 0. The Morgan fingerprint density at radius 1 is 1.29 bits per heavy atom. The third kappa shape index (κ3) is 3.31. The summed E-state index contributed by atoms with van der Waals surface area (Å²) in [5, 5.41) is 6.33. The van der Waals surface area contributed by atoms with Gasteiger partial charge in [0.1, 0.15) is 17.3 Å². The molecule has 0 bridgehead atoms. The number of carbonyl (C=O) groups excluding carboxylic acids is 1. The predicted molar refractivity (Wildman–Crippen MR) is 71.7 cm³/mol. The molecule has 0 aliphatic rings. The molecule has 0 saturated carbocycles. The highest BCUT2D eigenvalue weighted by atomic mass is 19.1. The van der Waals surface area contributed by atoms with Gasteiger partial charge in [-0.25, -0.2) is 13.5 Å². The van der Waals surface area contributed by atoms with Crippen LogP contribution in [0, 0.1) is 11.6 Å². The molecule has 0 saturated heterocycles. The fourth-order valence-electron chi connectivity index (χ4n) is 1.82. The molecule has 0 aliphatic carbocycles. The lowest BCUT2D eigenvalue weighted by Gasteiger charge is -2.15. The molecule has 5 nitrogen and oxygen atoms in total. The SMILES string of the molecule is CC(NC(=O)c1ccc(=O)n(C)n1)c1ccc(F)cc1F. The molecule has 7 heteroatoms. The van der Waals surface area contributed by atoms with E-state index in [1.165, 1.54) is 25.2 Å². The van der Waals surface area contributed by atoms with Crippen molar-refractivity contribution in [2.75, 3.05) is 0 Å². The van der Waals surface area contributed by atoms with Crippen LogP contribution >= 0.6 is 0 Å². The van der Waals surface area contributed by atoms with Gasteiger partial charge in [-0.1, -0.05) is 6.07 Å². The largest absolute Gasteiger partial charge is 0.344 e. The lowest BCUT2D eigenvalue weighted by atomic mass is 10.1. The normalized spacial score (nSPS) is 12.0. The van der Waals surface area contributed by atoms with Gasteiger partial charge in [0, 0.05) is 24.7 Å². The van der Waals surface area contributed by atoms with E-state index in [0.717, 1.165) is 16.8 Å². The molecule has 0 aliphatic heterocycles. The van der Waals surface area contributed by atoms with Crippen molar-refractivity contribution in [3.8, 4) is 0 Å². The molecule has 0 fully saturated rings. The quantitative estimate of drug-likeness (QED) is 0.934. The molecule has 110 valence electrons. The van der Waals surface area contributed by atoms with Crippen molar-refractivity contribution < 1.29 is 13.6 Å². The Morgan fingerprint density at radius 3 is 2.62 bits per heavy atom. The fourth-order valence-corrected chi connectivity index (χ4v) is 1.82. The summed E-state index contributed by atoms with van der Waals surface area (Å²) in [5.41, 5.74) is -0.148. The zero-order chi connectivity index (χ0) is 15.6. The average molecular weight is 293 g/mol. The van der Waals surface area contributed by atoms with Gasteiger partial charge in [0.05, 0.1) is 6.04 Å². The standard InChI is InChI=1S/C14H13F2N3O2/c1-8(10-4-3-9(15)7-11(10)16)17-14(21)12-5-6-13(20)19(2)18-12/h3-8H,1-2H3,(H,17,21). The average Bonchev–Trinajstić information content (AvgIpc) is 2.41. The number of nitrogens with one attached hydrogen (secondary N) is 1. The van der Waals surface area contributed by atoms with E-state index in [1.807, 2.05) is 0 Å². The van der Waals surface area contributed by atoms with Gasteiger partial charge in [-0.3, -0.25) is 9.59 Å². The van der Waals surface area contributed by atoms with Crippen LogP contribution in [0.4, 0.5) is 8.78 Å². The van der Waals surface area contributed by atoms with Crippen LogP contribution in [0.15, 0.2) is 35.1 Å². The minimum absolute atomic E-state index is 0.0338. The maximum Gasteiger partial charge on any atom is 0.272 e. The Balaban J connectivity index is 2.18. The number of aromatic nitrogens is 2. The van der Waals surface area contributed by atoms with Crippen LogP contribution < -0.4 is 10.9 Å². The number of amides is 1. The van der Waals surface area contributed by atoms with Gasteiger partial charge in [0.25, 0.3) is 11.5 Å². The van der Waals surface area contributed by atoms with Crippen LogP contribution in [-0.2, 0) is 7.05 Å². The minimum atomic E-state index is -0.740. The second-order valence-electron chi connectivity index (χ2n) is 4.54. The summed E-state index contributed by atoms with van der Waals surface area (Å²) < 4.78 is 27.5. The highest BCUT2D eigenvalue weighted by molar-refractivity contribution is 5.92. The maximum atomic E-state index is 13.6. The van der Waals surface area contributed by atoms with E-state index in [1.54, 1.807) is 6.92 Å². The van der Waals surface area contributed by atoms with Crippen LogP contribution in [0.25, 0.3) is 0 Å². The number of hydrogen-bond donors (Lipinski definition) is 1. The summed E-state index contributed by atoms with van der Waals surface area (Å²) in [7, 11) is 1.42. The Labute approximate surface area is 119 Å². The molecular formula is C14H13F2N3O2. The summed E-state index contributed by atoms with van der Waals surface area (Å²) in [6, 6.07) is 4.96. The Bertz CT molecular complexity index is 743. The van der Waals surface area contributed by atoms with Crippen molar-refractivity contribution in [3.63, 3.8) is 0 Å². The number of aryl methyl sites for hydroxylation is 1. The molecule has 0 radical (unpaired) electrons. The first-order valence-corrected chi connectivity index (χ1v) is 6.18. The molecule has 2 aromatic rings. The van der Waals surface area contributed by atoms with E-state index in [-0.39, 0.29) is 16.8 Å². The molecule has 1 amide bonds. The van der Waals surface area contributed by atoms with Crippen molar-refractivity contribution in [2.24, 2.45) is 7.05 Å². The van der Waals surface area contributed by atoms with Gasteiger partial charge in [0.15, 0.2) is 0 Å². The molecule has 1 unspecified atom stereocenters. The lowest BCUT2D eigenvalue weighted by Crippen LogP contribution is -2.30. The third-order valence-electron chi connectivity index (χ3n) is 2.97.